The number of thioether (sulfide) groups is 1. The van der Waals surface area contributed by atoms with Gasteiger partial charge in [-0.25, -0.2) is 4.68 Å². The zero-order valence-corrected chi connectivity index (χ0v) is 14.7. The number of rotatable bonds is 4. The SMILES string of the molecule is O=c1cc2c(nn1CC1CN(CC3CCCCC3)C1)CCSC2. The zero-order valence-electron chi connectivity index (χ0n) is 13.9. The number of aryl methyl sites for hydroxylation is 1. The van der Waals surface area contributed by atoms with E-state index < -0.39 is 0 Å². The van der Waals surface area contributed by atoms with Gasteiger partial charge in [0, 0.05) is 43.8 Å². The summed E-state index contributed by atoms with van der Waals surface area (Å²) in [5.74, 6) is 3.62. The van der Waals surface area contributed by atoms with Crippen molar-refractivity contribution in [2.24, 2.45) is 11.8 Å². The first-order chi connectivity index (χ1) is 11.3. The van der Waals surface area contributed by atoms with Gasteiger partial charge in [-0.1, -0.05) is 19.3 Å². The summed E-state index contributed by atoms with van der Waals surface area (Å²) in [6, 6.07) is 1.83. The molecule has 4 rings (SSSR count). The maximum atomic E-state index is 12.2. The van der Waals surface area contributed by atoms with Crippen LogP contribution in [0.25, 0.3) is 0 Å². The molecule has 2 fully saturated rings. The third-order valence-electron chi connectivity index (χ3n) is 5.61. The van der Waals surface area contributed by atoms with Crippen molar-refractivity contribution in [3.05, 3.63) is 27.7 Å². The van der Waals surface area contributed by atoms with Crippen LogP contribution >= 0.6 is 11.8 Å². The molecule has 1 aromatic heterocycles. The summed E-state index contributed by atoms with van der Waals surface area (Å²) in [6.07, 6.45) is 8.14. The van der Waals surface area contributed by atoms with Crippen LogP contribution in [0.2, 0.25) is 0 Å². The second kappa shape index (κ2) is 6.98. The fourth-order valence-electron chi connectivity index (χ4n) is 4.30. The summed E-state index contributed by atoms with van der Waals surface area (Å²) in [5, 5.41) is 4.65. The Labute approximate surface area is 142 Å². The topological polar surface area (TPSA) is 38.1 Å². The molecule has 3 aliphatic rings. The van der Waals surface area contributed by atoms with Crippen molar-refractivity contribution in [1.82, 2.24) is 14.7 Å². The lowest BCUT2D eigenvalue weighted by Gasteiger charge is -2.41. The summed E-state index contributed by atoms with van der Waals surface area (Å²) in [6.45, 7) is 4.38. The molecule has 1 saturated carbocycles. The van der Waals surface area contributed by atoms with Gasteiger partial charge in [0.15, 0.2) is 0 Å². The van der Waals surface area contributed by atoms with Gasteiger partial charge in [0.05, 0.1) is 12.2 Å². The predicted molar refractivity (Wildman–Crippen MR) is 94.9 cm³/mol. The average Bonchev–Trinajstić information content (AvgIpc) is 2.54. The van der Waals surface area contributed by atoms with Crippen molar-refractivity contribution < 1.29 is 0 Å². The average molecular weight is 334 g/mol. The van der Waals surface area contributed by atoms with E-state index in [4.69, 9.17) is 0 Å². The summed E-state index contributed by atoms with van der Waals surface area (Å²) in [5.41, 5.74) is 2.41. The van der Waals surface area contributed by atoms with Gasteiger partial charge in [-0.3, -0.25) is 4.79 Å². The Balaban J connectivity index is 1.31. The highest BCUT2D eigenvalue weighted by molar-refractivity contribution is 7.98. The number of hydrogen-bond donors (Lipinski definition) is 0. The molecule has 23 heavy (non-hydrogen) atoms. The van der Waals surface area contributed by atoms with Crippen molar-refractivity contribution in [3.63, 3.8) is 0 Å². The van der Waals surface area contributed by atoms with Crippen LogP contribution in [-0.4, -0.2) is 40.1 Å². The molecule has 126 valence electrons. The molecule has 0 atom stereocenters. The highest BCUT2D eigenvalue weighted by atomic mass is 32.2. The van der Waals surface area contributed by atoms with Crippen LogP contribution in [0, 0.1) is 11.8 Å². The Kier molecular flexibility index (Phi) is 4.76. The van der Waals surface area contributed by atoms with Gasteiger partial charge in [0.2, 0.25) is 0 Å². The number of fused-ring (bicyclic) bond motifs is 1. The summed E-state index contributed by atoms with van der Waals surface area (Å²) in [4.78, 5) is 14.8. The fraction of sp³-hybridized carbons (Fsp3) is 0.778. The van der Waals surface area contributed by atoms with Crippen LogP contribution in [0.4, 0.5) is 0 Å². The standard InChI is InChI=1S/C18H27N3OS/c22-18-8-16-13-23-7-6-17(16)19-21(18)12-15-10-20(11-15)9-14-4-2-1-3-5-14/h8,14-15H,1-7,9-13H2. The Morgan fingerprint density at radius 2 is 1.96 bits per heavy atom. The van der Waals surface area contributed by atoms with E-state index in [2.05, 4.69) is 10.00 Å². The van der Waals surface area contributed by atoms with E-state index in [1.54, 1.807) is 4.68 Å². The van der Waals surface area contributed by atoms with Crippen LogP contribution in [-0.2, 0) is 18.7 Å². The van der Waals surface area contributed by atoms with Gasteiger partial charge in [0.1, 0.15) is 0 Å². The first kappa shape index (κ1) is 15.7. The Bertz CT molecular complexity index is 603. The molecule has 0 spiro atoms. The van der Waals surface area contributed by atoms with Crippen molar-refractivity contribution in [2.45, 2.75) is 50.8 Å². The number of hydrogen-bond acceptors (Lipinski definition) is 4. The van der Waals surface area contributed by atoms with E-state index in [9.17, 15) is 4.79 Å². The van der Waals surface area contributed by atoms with Crippen molar-refractivity contribution in [1.29, 1.82) is 0 Å². The Morgan fingerprint density at radius 1 is 1.13 bits per heavy atom. The molecule has 1 aromatic rings. The highest BCUT2D eigenvalue weighted by Crippen LogP contribution is 2.27. The van der Waals surface area contributed by atoms with Crippen LogP contribution in [0.3, 0.4) is 0 Å². The largest absolute Gasteiger partial charge is 0.302 e. The molecule has 0 N–H and O–H groups in total. The van der Waals surface area contributed by atoms with Gasteiger partial charge in [-0.2, -0.15) is 16.9 Å². The molecular formula is C18H27N3OS. The second-order valence-corrected chi connectivity index (χ2v) is 8.63. The Morgan fingerprint density at radius 3 is 2.78 bits per heavy atom. The number of nitrogens with zero attached hydrogens (tertiary/aromatic N) is 3. The quantitative estimate of drug-likeness (QED) is 0.849. The summed E-state index contributed by atoms with van der Waals surface area (Å²) >= 11 is 1.90. The molecule has 0 amide bonds. The summed E-state index contributed by atoms with van der Waals surface area (Å²) < 4.78 is 1.73. The van der Waals surface area contributed by atoms with Crippen molar-refractivity contribution >= 4 is 11.8 Å². The van der Waals surface area contributed by atoms with Crippen LogP contribution in [0.5, 0.6) is 0 Å². The van der Waals surface area contributed by atoms with Gasteiger partial charge in [-0.15, -0.1) is 0 Å². The van der Waals surface area contributed by atoms with Gasteiger partial charge < -0.3 is 4.90 Å². The van der Waals surface area contributed by atoms with E-state index in [-0.39, 0.29) is 5.56 Å². The van der Waals surface area contributed by atoms with E-state index in [1.807, 2.05) is 17.8 Å². The molecule has 2 aliphatic heterocycles. The monoisotopic (exact) mass is 333 g/mol. The van der Waals surface area contributed by atoms with Crippen LogP contribution in [0.15, 0.2) is 10.9 Å². The van der Waals surface area contributed by atoms with E-state index in [0.717, 1.165) is 54.7 Å². The molecule has 0 radical (unpaired) electrons. The molecule has 0 aromatic carbocycles. The number of aromatic nitrogens is 2. The lowest BCUT2D eigenvalue weighted by molar-refractivity contribution is 0.0602. The van der Waals surface area contributed by atoms with Gasteiger partial charge in [0.25, 0.3) is 5.56 Å². The molecule has 0 bridgehead atoms. The molecule has 3 heterocycles. The third kappa shape index (κ3) is 3.66. The first-order valence-electron chi connectivity index (χ1n) is 9.18. The smallest absolute Gasteiger partial charge is 0.267 e. The summed E-state index contributed by atoms with van der Waals surface area (Å²) in [7, 11) is 0. The molecule has 0 unspecified atom stereocenters. The minimum atomic E-state index is 0.0944. The normalized spacial score (nSPS) is 23.5. The Hall–Kier alpha value is -0.810. The minimum absolute atomic E-state index is 0.0944. The van der Waals surface area contributed by atoms with Gasteiger partial charge >= 0.3 is 0 Å². The van der Waals surface area contributed by atoms with Crippen molar-refractivity contribution in [2.75, 3.05) is 25.4 Å². The minimum Gasteiger partial charge on any atom is -0.302 e. The first-order valence-corrected chi connectivity index (χ1v) is 10.3. The zero-order chi connectivity index (χ0) is 15.6. The van der Waals surface area contributed by atoms with Crippen LogP contribution < -0.4 is 5.56 Å². The predicted octanol–water partition coefficient (Wildman–Crippen LogP) is 2.54. The molecule has 1 aliphatic carbocycles. The lowest BCUT2D eigenvalue weighted by atomic mass is 9.87. The number of likely N-dealkylation sites (tertiary alicyclic amines) is 1. The van der Waals surface area contributed by atoms with Crippen molar-refractivity contribution in [3.8, 4) is 0 Å². The van der Waals surface area contributed by atoms with E-state index >= 15 is 0 Å². The van der Waals surface area contributed by atoms with E-state index in [0.29, 0.717) is 5.92 Å². The van der Waals surface area contributed by atoms with E-state index in [1.165, 1.54) is 38.6 Å². The van der Waals surface area contributed by atoms with Crippen LogP contribution in [0.1, 0.15) is 43.4 Å². The lowest BCUT2D eigenvalue weighted by Crippen LogP contribution is -2.51. The highest BCUT2D eigenvalue weighted by Gasteiger charge is 2.30. The maximum Gasteiger partial charge on any atom is 0.267 e. The molecule has 5 heteroatoms. The fourth-order valence-corrected chi connectivity index (χ4v) is 5.26. The molecular weight excluding hydrogens is 306 g/mol. The molecule has 4 nitrogen and oxygen atoms in total. The maximum absolute atomic E-state index is 12.2. The second-order valence-electron chi connectivity index (χ2n) is 7.53. The molecule has 1 saturated heterocycles. The third-order valence-corrected chi connectivity index (χ3v) is 6.62. The van der Waals surface area contributed by atoms with Gasteiger partial charge in [-0.05, 0) is 30.1 Å².